The Bertz CT molecular complexity index is 1290. The summed E-state index contributed by atoms with van der Waals surface area (Å²) in [6, 6.07) is 13.8. The average molecular weight is 487 g/mol. The third kappa shape index (κ3) is 5.63. The molecule has 0 aliphatic heterocycles. The molecule has 5 nitrogen and oxygen atoms in total. The van der Waals surface area contributed by atoms with Crippen molar-refractivity contribution in [2.45, 2.75) is 26.6 Å². The highest BCUT2D eigenvalue weighted by molar-refractivity contribution is 6.32. The van der Waals surface area contributed by atoms with E-state index in [1.807, 2.05) is 12.1 Å². The number of alkyl halides is 3. The Morgan fingerprint density at radius 1 is 1.03 bits per heavy atom. The Kier molecular flexibility index (Phi) is 7.00. The SMILES string of the molecule is CC(C)COCc1cc(Nc2ccc(C(F)(F)F)cc2)c2ccc(-c3ncccc3Cl)nc2n1. The van der Waals surface area contributed by atoms with Crippen molar-refractivity contribution in [1.82, 2.24) is 15.0 Å². The minimum absolute atomic E-state index is 0.270. The molecule has 0 aliphatic carbocycles. The van der Waals surface area contributed by atoms with Crippen LogP contribution in [0.3, 0.4) is 0 Å². The molecule has 1 aromatic carbocycles. The molecule has 4 rings (SSSR count). The van der Waals surface area contributed by atoms with Gasteiger partial charge < -0.3 is 10.1 Å². The average Bonchev–Trinajstić information content (AvgIpc) is 2.78. The zero-order valence-electron chi connectivity index (χ0n) is 18.5. The Hall–Kier alpha value is -3.23. The van der Waals surface area contributed by atoms with Gasteiger partial charge in [0.25, 0.3) is 0 Å². The van der Waals surface area contributed by atoms with E-state index in [4.69, 9.17) is 16.3 Å². The van der Waals surface area contributed by atoms with Crippen LogP contribution in [0.2, 0.25) is 5.02 Å². The molecule has 0 saturated heterocycles. The second-order valence-corrected chi connectivity index (χ2v) is 8.58. The van der Waals surface area contributed by atoms with Gasteiger partial charge in [-0.15, -0.1) is 0 Å². The third-order valence-corrected chi connectivity index (χ3v) is 5.22. The summed E-state index contributed by atoms with van der Waals surface area (Å²) in [5, 5.41) is 4.36. The maximum atomic E-state index is 12.9. The summed E-state index contributed by atoms with van der Waals surface area (Å²) in [5.41, 5.74) is 2.63. The number of aromatic nitrogens is 3. The molecule has 0 fully saturated rings. The second kappa shape index (κ2) is 9.95. The van der Waals surface area contributed by atoms with Gasteiger partial charge in [-0.1, -0.05) is 25.4 Å². The fraction of sp³-hybridized carbons (Fsp3) is 0.240. The fourth-order valence-corrected chi connectivity index (χ4v) is 3.56. The lowest BCUT2D eigenvalue weighted by Crippen LogP contribution is -2.06. The summed E-state index contributed by atoms with van der Waals surface area (Å²) in [7, 11) is 0. The summed E-state index contributed by atoms with van der Waals surface area (Å²) in [6.45, 7) is 4.94. The first-order chi connectivity index (χ1) is 16.2. The predicted molar refractivity (Wildman–Crippen MR) is 127 cm³/mol. The number of rotatable bonds is 7. The van der Waals surface area contributed by atoms with Crippen LogP contribution in [0.4, 0.5) is 24.5 Å². The van der Waals surface area contributed by atoms with Crippen LogP contribution in [0.5, 0.6) is 0 Å². The van der Waals surface area contributed by atoms with Crippen molar-refractivity contribution in [3.63, 3.8) is 0 Å². The Morgan fingerprint density at radius 3 is 2.47 bits per heavy atom. The molecule has 0 bridgehead atoms. The fourth-order valence-electron chi connectivity index (χ4n) is 3.34. The van der Waals surface area contributed by atoms with E-state index in [0.29, 0.717) is 57.0 Å². The van der Waals surface area contributed by atoms with Gasteiger partial charge in [-0.05, 0) is 60.5 Å². The van der Waals surface area contributed by atoms with Crippen molar-refractivity contribution in [2.24, 2.45) is 5.92 Å². The molecule has 0 amide bonds. The first-order valence-corrected chi connectivity index (χ1v) is 11.0. The number of anilines is 2. The molecule has 176 valence electrons. The van der Waals surface area contributed by atoms with Crippen molar-refractivity contribution in [1.29, 1.82) is 0 Å². The molecule has 0 atom stereocenters. The molecule has 0 radical (unpaired) electrons. The summed E-state index contributed by atoms with van der Waals surface area (Å²) < 4.78 is 44.5. The minimum atomic E-state index is -4.39. The van der Waals surface area contributed by atoms with Crippen LogP contribution < -0.4 is 5.32 Å². The van der Waals surface area contributed by atoms with E-state index in [2.05, 4.69) is 34.1 Å². The highest BCUT2D eigenvalue weighted by Gasteiger charge is 2.30. The van der Waals surface area contributed by atoms with Gasteiger partial charge in [0.15, 0.2) is 5.65 Å². The van der Waals surface area contributed by atoms with Crippen molar-refractivity contribution < 1.29 is 17.9 Å². The highest BCUT2D eigenvalue weighted by Crippen LogP contribution is 2.32. The van der Waals surface area contributed by atoms with E-state index in [1.165, 1.54) is 12.1 Å². The van der Waals surface area contributed by atoms with Gasteiger partial charge >= 0.3 is 6.18 Å². The van der Waals surface area contributed by atoms with Crippen LogP contribution in [0.25, 0.3) is 22.4 Å². The first-order valence-electron chi connectivity index (χ1n) is 10.6. The molecule has 1 N–H and O–H groups in total. The van der Waals surface area contributed by atoms with Crippen molar-refractivity contribution in [2.75, 3.05) is 11.9 Å². The van der Waals surface area contributed by atoms with E-state index in [9.17, 15) is 13.2 Å². The Labute approximate surface area is 200 Å². The molecule has 34 heavy (non-hydrogen) atoms. The van der Waals surface area contributed by atoms with Crippen molar-refractivity contribution >= 4 is 34.0 Å². The highest BCUT2D eigenvalue weighted by atomic mass is 35.5. The monoisotopic (exact) mass is 486 g/mol. The Balaban J connectivity index is 1.73. The predicted octanol–water partition coefficient (Wildman–Crippen LogP) is 7.28. The summed E-state index contributed by atoms with van der Waals surface area (Å²) in [5.74, 6) is 0.362. The molecule has 0 unspecified atom stereocenters. The number of nitrogens with one attached hydrogen (secondary N) is 1. The van der Waals surface area contributed by atoms with E-state index in [0.717, 1.165) is 12.1 Å². The largest absolute Gasteiger partial charge is 0.416 e. The number of hydrogen-bond acceptors (Lipinski definition) is 5. The van der Waals surface area contributed by atoms with Crippen LogP contribution >= 0.6 is 11.6 Å². The second-order valence-electron chi connectivity index (χ2n) is 8.17. The number of benzene rings is 1. The number of ether oxygens (including phenoxy) is 1. The van der Waals surface area contributed by atoms with E-state index in [-0.39, 0.29) is 6.61 Å². The van der Waals surface area contributed by atoms with Gasteiger partial charge in [-0.3, -0.25) is 4.98 Å². The molecule has 0 saturated carbocycles. The molecule has 4 aromatic rings. The molecular weight excluding hydrogens is 465 g/mol. The van der Waals surface area contributed by atoms with Gasteiger partial charge in [-0.2, -0.15) is 13.2 Å². The van der Waals surface area contributed by atoms with Crippen LogP contribution in [-0.4, -0.2) is 21.6 Å². The molecule has 3 heterocycles. The molecule has 3 aromatic heterocycles. The number of nitrogens with zero attached hydrogens (tertiary/aromatic N) is 3. The van der Waals surface area contributed by atoms with E-state index < -0.39 is 11.7 Å². The zero-order chi connectivity index (χ0) is 24.3. The molecule has 0 aliphatic rings. The molecule has 9 heteroatoms. The maximum Gasteiger partial charge on any atom is 0.416 e. The Morgan fingerprint density at radius 2 is 1.79 bits per heavy atom. The lowest BCUT2D eigenvalue weighted by molar-refractivity contribution is -0.137. The van der Waals surface area contributed by atoms with Gasteiger partial charge in [0, 0.05) is 23.9 Å². The molecular formula is C25H22ClF3N4O. The first kappa shape index (κ1) is 23.9. The van der Waals surface area contributed by atoms with E-state index >= 15 is 0 Å². The standard InChI is InChI=1S/C25H22ClF3N4O/c1-15(2)13-34-14-18-12-22(31-17-7-5-16(6-8-17)25(27,28)29)19-9-10-21(33-24(19)32-18)23-20(26)4-3-11-30-23/h3-12,15H,13-14H2,1-2H3,(H,31,32,33). The summed E-state index contributed by atoms with van der Waals surface area (Å²) in [4.78, 5) is 13.6. The van der Waals surface area contributed by atoms with Gasteiger partial charge in [0.2, 0.25) is 0 Å². The van der Waals surface area contributed by atoms with Crippen molar-refractivity contribution in [3.05, 3.63) is 77.1 Å². The van der Waals surface area contributed by atoms with Crippen LogP contribution in [-0.2, 0) is 17.5 Å². The van der Waals surface area contributed by atoms with Gasteiger partial charge in [0.05, 0.1) is 34.3 Å². The van der Waals surface area contributed by atoms with Crippen LogP contribution in [0, 0.1) is 5.92 Å². The van der Waals surface area contributed by atoms with Gasteiger partial charge in [0.1, 0.15) is 5.69 Å². The summed E-state index contributed by atoms with van der Waals surface area (Å²) in [6.07, 6.45) is -2.76. The summed E-state index contributed by atoms with van der Waals surface area (Å²) >= 11 is 6.29. The van der Waals surface area contributed by atoms with Crippen LogP contribution in [0.1, 0.15) is 25.1 Å². The lowest BCUT2D eigenvalue weighted by Gasteiger charge is -2.14. The number of fused-ring (bicyclic) bond motifs is 1. The minimum Gasteiger partial charge on any atom is -0.375 e. The normalized spacial score (nSPS) is 11.9. The zero-order valence-corrected chi connectivity index (χ0v) is 19.3. The number of halogens is 4. The third-order valence-electron chi connectivity index (χ3n) is 4.92. The lowest BCUT2D eigenvalue weighted by atomic mass is 10.1. The number of pyridine rings is 3. The topological polar surface area (TPSA) is 59.9 Å². The number of hydrogen-bond donors (Lipinski definition) is 1. The quantitative estimate of drug-likeness (QED) is 0.297. The van der Waals surface area contributed by atoms with Crippen LogP contribution in [0.15, 0.2) is 60.8 Å². The van der Waals surface area contributed by atoms with Gasteiger partial charge in [-0.25, -0.2) is 9.97 Å². The maximum absolute atomic E-state index is 12.9. The van der Waals surface area contributed by atoms with E-state index in [1.54, 1.807) is 24.4 Å². The van der Waals surface area contributed by atoms with Crippen molar-refractivity contribution in [3.8, 4) is 11.4 Å². The smallest absolute Gasteiger partial charge is 0.375 e. The molecule has 0 spiro atoms.